The summed E-state index contributed by atoms with van der Waals surface area (Å²) in [6.45, 7) is 7.07. The van der Waals surface area contributed by atoms with Crippen LogP contribution in [-0.2, 0) is 4.74 Å². The zero-order valence-electron chi connectivity index (χ0n) is 13.5. The molecule has 1 aliphatic carbocycles. The Morgan fingerprint density at radius 2 is 1.74 bits per heavy atom. The number of nitrogens with one attached hydrogen (secondary N) is 1. The molecule has 1 fully saturated rings. The van der Waals surface area contributed by atoms with E-state index in [-0.39, 0.29) is 5.54 Å². The second kappa shape index (κ2) is 8.93. The Labute approximate surface area is 120 Å². The fourth-order valence-electron chi connectivity index (χ4n) is 3.41. The van der Waals surface area contributed by atoms with Gasteiger partial charge in [-0.1, -0.05) is 32.6 Å². The average Bonchev–Trinajstić information content (AvgIpc) is 2.65. The zero-order chi connectivity index (χ0) is 14.1. The lowest BCUT2D eigenvalue weighted by atomic mass is 9.81. The third-order valence-electron chi connectivity index (χ3n) is 4.64. The summed E-state index contributed by atoms with van der Waals surface area (Å²) in [5.41, 5.74) is 0.279. The molecule has 1 unspecified atom stereocenters. The van der Waals surface area contributed by atoms with Crippen LogP contribution in [0.4, 0.5) is 0 Å². The van der Waals surface area contributed by atoms with Gasteiger partial charge in [0, 0.05) is 18.2 Å². The molecule has 1 atom stereocenters. The van der Waals surface area contributed by atoms with Crippen LogP contribution < -0.4 is 5.32 Å². The maximum absolute atomic E-state index is 5.77. The first-order valence-electron chi connectivity index (χ1n) is 8.16. The third kappa shape index (κ3) is 4.73. The van der Waals surface area contributed by atoms with Crippen molar-refractivity contribution in [1.29, 1.82) is 0 Å². The summed E-state index contributed by atoms with van der Waals surface area (Å²) in [5.74, 6) is 0. The first-order chi connectivity index (χ1) is 9.17. The Morgan fingerprint density at radius 1 is 1.11 bits per heavy atom. The summed E-state index contributed by atoms with van der Waals surface area (Å²) in [6.07, 6.45) is 9.29. The van der Waals surface area contributed by atoms with Gasteiger partial charge in [0.25, 0.3) is 0 Å². The molecule has 3 nitrogen and oxygen atoms in total. The maximum atomic E-state index is 5.77. The molecule has 1 N–H and O–H groups in total. The molecule has 0 amide bonds. The third-order valence-corrected chi connectivity index (χ3v) is 4.64. The van der Waals surface area contributed by atoms with Crippen molar-refractivity contribution in [2.45, 2.75) is 70.4 Å². The molecule has 19 heavy (non-hydrogen) atoms. The first-order valence-corrected chi connectivity index (χ1v) is 8.16. The summed E-state index contributed by atoms with van der Waals surface area (Å²) < 4.78 is 5.77. The SMILES string of the molecule is CCCNC(COCC)C1(N(C)C)CCCCCC1. The van der Waals surface area contributed by atoms with Gasteiger partial charge in [-0.05, 0) is 46.8 Å². The zero-order valence-corrected chi connectivity index (χ0v) is 13.5. The average molecular weight is 270 g/mol. The van der Waals surface area contributed by atoms with Crippen molar-refractivity contribution in [2.75, 3.05) is 33.9 Å². The van der Waals surface area contributed by atoms with E-state index in [9.17, 15) is 0 Å². The molecular weight excluding hydrogens is 236 g/mol. The van der Waals surface area contributed by atoms with Crippen molar-refractivity contribution in [2.24, 2.45) is 0 Å². The molecule has 1 saturated carbocycles. The van der Waals surface area contributed by atoms with E-state index in [2.05, 4.69) is 38.2 Å². The van der Waals surface area contributed by atoms with Crippen molar-refractivity contribution in [1.82, 2.24) is 10.2 Å². The number of nitrogens with zero attached hydrogens (tertiary/aromatic N) is 1. The van der Waals surface area contributed by atoms with Gasteiger partial charge in [0.05, 0.1) is 6.61 Å². The van der Waals surface area contributed by atoms with E-state index < -0.39 is 0 Å². The highest BCUT2D eigenvalue weighted by Crippen LogP contribution is 2.34. The van der Waals surface area contributed by atoms with Gasteiger partial charge in [0.15, 0.2) is 0 Å². The molecule has 0 bridgehead atoms. The highest BCUT2D eigenvalue weighted by Gasteiger charge is 2.40. The molecule has 3 heteroatoms. The van der Waals surface area contributed by atoms with E-state index in [1.807, 2.05) is 0 Å². The van der Waals surface area contributed by atoms with E-state index in [1.165, 1.54) is 44.9 Å². The Morgan fingerprint density at radius 3 is 2.21 bits per heavy atom. The van der Waals surface area contributed by atoms with Crippen LogP contribution in [-0.4, -0.2) is 50.3 Å². The van der Waals surface area contributed by atoms with Crippen LogP contribution in [0, 0.1) is 0 Å². The minimum Gasteiger partial charge on any atom is -0.380 e. The predicted molar refractivity (Wildman–Crippen MR) is 82.7 cm³/mol. The summed E-state index contributed by atoms with van der Waals surface area (Å²) in [5, 5.41) is 3.76. The van der Waals surface area contributed by atoms with Crippen LogP contribution in [0.15, 0.2) is 0 Å². The van der Waals surface area contributed by atoms with Gasteiger partial charge in [-0.2, -0.15) is 0 Å². The molecule has 0 heterocycles. The van der Waals surface area contributed by atoms with Gasteiger partial charge < -0.3 is 15.0 Å². The minimum atomic E-state index is 0.279. The van der Waals surface area contributed by atoms with Crippen molar-refractivity contribution in [3.8, 4) is 0 Å². The summed E-state index contributed by atoms with van der Waals surface area (Å²) in [4.78, 5) is 2.46. The van der Waals surface area contributed by atoms with E-state index in [0.29, 0.717) is 6.04 Å². The van der Waals surface area contributed by atoms with Crippen molar-refractivity contribution in [3.63, 3.8) is 0 Å². The summed E-state index contributed by atoms with van der Waals surface area (Å²) in [7, 11) is 4.50. The lowest BCUT2D eigenvalue weighted by molar-refractivity contribution is 0.0237. The topological polar surface area (TPSA) is 24.5 Å². The fourth-order valence-corrected chi connectivity index (χ4v) is 3.41. The molecule has 0 aromatic carbocycles. The van der Waals surface area contributed by atoms with Crippen molar-refractivity contribution in [3.05, 3.63) is 0 Å². The van der Waals surface area contributed by atoms with Gasteiger partial charge >= 0.3 is 0 Å². The van der Waals surface area contributed by atoms with E-state index in [4.69, 9.17) is 4.74 Å². The second-order valence-electron chi connectivity index (χ2n) is 6.08. The molecular formula is C16H34N2O. The van der Waals surface area contributed by atoms with Gasteiger partial charge in [-0.25, -0.2) is 0 Å². The normalized spacial score (nSPS) is 21.3. The lowest BCUT2D eigenvalue weighted by Gasteiger charge is -2.46. The van der Waals surface area contributed by atoms with Gasteiger partial charge in [0.1, 0.15) is 0 Å². The summed E-state index contributed by atoms with van der Waals surface area (Å²) >= 11 is 0. The highest BCUT2D eigenvalue weighted by atomic mass is 16.5. The number of likely N-dealkylation sites (N-methyl/N-ethyl adjacent to an activating group) is 1. The van der Waals surface area contributed by atoms with Crippen LogP contribution in [0.5, 0.6) is 0 Å². The van der Waals surface area contributed by atoms with Crippen LogP contribution in [0.1, 0.15) is 58.8 Å². The second-order valence-corrected chi connectivity index (χ2v) is 6.08. The molecule has 0 aromatic heterocycles. The maximum Gasteiger partial charge on any atom is 0.0637 e. The molecule has 0 saturated heterocycles. The van der Waals surface area contributed by atoms with E-state index in [0.717, 1.165) is 19.8 Å². The van der Waals surface area contributed by atoms with Crippen molar-refractivity contribution >= 4 is 0 Å². The van der Waals surface area contributed by atoms with E-state index in [1.54, 1.807) is 0 Å². The number of ether oxygens (including phenoxy) is 1. The summed E-state index contributed by atoms with van der Waals surface area (Å²) in [6, 6.07) is 0.459. The van der Waals surface area contributed by atoms with Crippen LogP contribution in [0.25, 0.3) is 0 Å². The largest absolute Gasteiger partial charge is 0.380 e. The standard InChI is InChI=1S/C16H34N2O/c1-5-13-17-15(14-19-6-2)16(18(3)4)11-9-7-8-10-12-16/h15,17H,5-14H2,1-4H3. The van der Waals surface area contributed by atoms with Crippen LogP contribution >= 0.6 is 0 Å². The van der Waals surface area contributed by atoms with Gasteiger partial charge in [-0.15, -0.1) is 0 Å². The number of hydrogen-bond donors (Lipinski definition) is 1. The highest BCUT2D eigenvalue weighted by molar-refractivity contribution is 4.99. The Hall–Kier alpha value is -0.120. The molecule has 114 valence electrons. The predicted octanol–water partition coefficient (Wildman–Crippen LogP) is 3.05. The molecule has 0 aromatic rings. The molecule has 1 rings (SSSR count). The molecule has 0 radical (unpaired) electrons. The van der Waals surface area contributed by atoms with Gasteiger partial charge in [0.2, 0.25) is 0 Å². The Bertz CT molecular complexity index is 215. The van der Waals surface area contributed by atoms with Crippen LogP contribution in [0.2, 0.25) is 0 Å². The first kappa shape index (κ1) is 16.9. The van der Waals surface area contributed by atoms with E-state index >= 15 is 0 Å². The monoisotopic (exact) mass is 270 g/mol. The quantitative estimate of drug-likeness (QED) is 0.686. The molecule has 1 aliphatic rings. The fraction of sp³-hybridized carbons (Fsp3) is 1.00. The van der Waals surface area contributed by atoms with Gasteiger partial charge in [-0.3, -0.25) is 0 Å². The Balaban J connectivity index is 2.81. The lowest BCUT2D eigenvalue weighted by Crippen LogP contribution is -2.60. The molecule has 0 aliphatic heterocycles. The minimum absolute atomic E-state index is 0.279. The number of rotatable bonds is 8. The van der Waals surface area contributed by atoms with Crippen LogP contribution in [0.3, 0.4) is 0 Å². The Kier molecular flexibility index (Phi) is 7.96. The molecule has 0 spiro atoms. The smallest absolute Gasteiger partial charge is 0.0637 e. The number of hydrogen-bond acceptors (Lipinski definition) is 3. The van der Waals surface area contributed by atoms with Crippen molar-refractivity contribution < 1.29 is 4.74 Å².